The zero-order chi connectivity index (χ0) is 110. The number of Topliss-reactive ketones (excluding diaryl/α,β-unsaturated/α-hetero) is 3. The third-order valence-electron chi connectivity index (χ3n) is 24.0. The number of rotatable bonds is 20. The van der Waals surface area contributed by atoms with Crippen molar-refractivity contribution in [2.24, 2.45) is 17.8 Å². The van der Waals surface area contributed by atoms with Gasteiger partial charge in [-0.05, 0) is 172 Å². The Hall–Kier alpha value is -7.17. The number of sulfone groups is 7. The number of carbonyl (C=O) groups excluding carboxylic acids is 4. The number of ether oxygens (including phenoxy) is 2. The molecule has 0 bridgehead atoms. The number of nitrogens with one attached hydrogen (secondary N) is 2. The maximum atomic E-state index is 12.2. The first-order valence-corrected chi connectivity index (χ1v) is 65.6. The summed E-state index contributed by atoms with van der Waals surface area (Å²) in [6.07, 6.45) is 12.7. The first-order chi connectivity index (χ1) is 67.0. The van der Waals surface area contributed by atoms with E-state index >= 15 is 0 Å². The van der Waals surface area contributed by atoms with Gasteiger partial charge in [-0.1, -0.05) is 263 Å². The lowest BCUT2D eigenvalue weighted by molar-refractivity contribution is -0.137. The Bertz CT molecular complexity index is 5890. The molecule has 0 saturated heterocycles. The highest BCUT2D eigenvalue weighted by molar-refractivity contribution is 8.01. The fourth-order valence-electron chi connectivity index (χ4n) is 17.6. The van der Waals surface area contributed by atoms with Crippen molar-refractivity contribution < 1.29 is 108 Å². The van der Waals surface area contributed by atoms with Gasteiger partial charge in [-0.2, -0.15) is 0 Å². The van der Waals surface area contributed by atoms with Crippen LogP contribution in [0.3, 0.4) is 0 Å². The Labute approximate surface area is 871 Å². The predicted molar refractivity (Wildman–Crippen MR) is 589 cm³/mol. The number of carboxylic acids is 1. The minimum Gasteiger partial charge on any atom is -0.488 e. The molecule has 7 aliphatic rings. The van der Waals surface area contributed by atoms with E-state index in [0.717, 1.165) is 77.6 Å². The molecule has 1 amide bonds. The van der Waals surface area contributed by atoms with Crippen LogP contribution in [0, 0.1) is 17.8 Å². The van der Waals surface area contributed by atoms with Crippen LogP contribution in [-0.2, 0) is 117 Å². The SMILES string of the molecule is CC.CC.CC.CC.CC.CC.CC.CC(=O)C(C)N[C@@H]1Cc2ccccc2C(S(C)(=O)=O)C1.CC(=O)C(C)O[C@@H]1Cc2ccccc2C(S(C)(=O)=O)C1.CC(=O)CC[C@@H]1Sc2ccccc2C(S(C)(=O)=O)[C@@H]1C.CC(=O)N[C@@H]1Cc2ccccc2C(S(C)(=O)=O)C1.CS(=O)(=O)[C@@H]1C[C@H](CO)Oc2ccccc21.C[C@H]1C(S(C)(=O)=O)c2ccccc2S[C@H]1C(=O)O.C[C@H]1C(S(C)(=O)=O)c2ccccc2S[C@H]1CO. The highest BCUT2D eigenvalue weighted by Crippen LogP contribution is 2.52. The molecule has 14 rings (SSSR count). The summed E-state index contributed by atoms with van der Waals surface area (Å²) in [5.41, 5.74) is 8.90. The van der Waals surface area contributed by atoms with Crippen molar-refractivity contribution in [3.05, 3.63) is 225 Å². The van der Waals surface area contributed by atoms with Crippen molar-refractivity contribution in [1.29, 1.82) is 0 Å². The molecule has 4 aliphatic heterocycles. The van der Waals surface area contributed by atoms with Crippen LogP contribution in [0.25, 0.3) is 0 Å². The third-order valence-corrected chi connectivity index (χ3v) is 39.3. The summed E-state index contributed by atoms with van der Waals surface area (Å²) < 4.78 is 178. The molecule has 0 saturated carbocycles. The van der Waals surface area contributed by atoms with E-state index in [1.807, 2.05) is 239 Å². The van der Waals surface area contributed by atoms with Crippen molar-refractivity contribution in [3.8, 4) is 5.75 Å². The number of fused-ring (bicyclic) bond motifs is 7. The van der Waals surface area contributed by atoms with Gasteiger partial charge in [0.1, 0.15) is 34.8 Å². The molecule has 7 aromatic rings. The van der Waals surface area contributed by atoms with Gasteiger partial charge in [0, 0.05) is 106 Å². The summed E-state index contributed by atoms with van der Waals surface area (Å²) >= 11 is 4.51. The van der Waals surface area contributed by atoms with Crippen molar-refractivity contribution in [3.63, 3.8) is 0 Å². The van der Waals surface area contributed by atoms with E-state index in [0.29, 0.717) is 56.3 Å². The van der Waals surface area contributed by atoms with Gasteiger partial charge in [-0.3, -0.25) is 19.2 Å². The number of carbonyl (C=O) groups is 5. The van der Waals surface area contributed by atoms with Crippen LogP contribution in [0.2, 0.25) is 0 Å². The lowest BCUT2D eigenvalue weighted by atomic mass is 9.87. The van der Waals surface area contributed by atoms with Gasteiger partial charge in [0.15, 0.2) is 74.6 Å². The Kier molecular flexibility index (Phi) is 59.5. The van der Waals surface area contributed by atoms with Crippen LogP contribution in [0.1, 0.15) is 290 Å². The maximum Gasteiger partial charge on any atom is 0.317 e. The number of aliphatic hydroxyl groups excluding tert-OH is 2. The molecule has 0 spiro atoms. The van der Waals surface area contributed by atoms with Crippen LogP contribution in [0.15, 0.2) is 185 Å². The molecule has 19 atom stereocenters. The molecule has 143 heavy (non-hydrogen) atoms. The Balaban J connectivity index is 0.000000817. The summed E-state index contributed by atoms with van der Waals surface area (Å²) in [5.74, 6) is -0.839. The monoisotopic (exact) mass is 2180 g/mol. The van der Waals surface area contributed by atoms with Crippen molar-refractivity contribution in [1.82, 2.24) is 10.6 Å². The molecular weight excluding hydrogens is 2020 g/mol. The summed E-state index contributed by atoms with van der Waals surface area (Å²) in [5, 5.41) is 29.3. The summed E-state index contributed by atoms with van der Waals surface area (Å²) in [4.78, 5) is 59.0. The number of carboxylic acid groups (broad SMARTS) is 1. The van der Waals surface area contributed by atoms with Gasteiger partial charge in [-0.25, -0.2) is 58.9 Å². The Morgan fingerprint density at radius 2 is 0.706 bits per heavy atom. The number of aliphatic carboxylic acids is 1. The number of thioether (sulfide) groups is 3. The van der Waals surface area contributed by atoms with E-state index in [2.05, 4.69) is 10.6 Å². The molecular formula is C107H164N2O24S10. The second-order valence-electron chi connectivity index (χ2n) is 34.5. The Morgan fingerprint density at radius 3 is 1.06 bits per heavy atom. The van der Waals surface area contributed by atoms with E-state index in [4.69, 9.17) is 14.6 Å². The molecule has 7 aromatic carbocycles. The van der Waals surface area contributed by atoms with Gasteiger partial charge >= 0.3 is 5.97 Å². The topological polar surface area (TPSA) is 428 Å². The van der Waals surface area contributed by atoms with Crippen LogP contribution in [0.4, 0.5) is 0 Å². The Morgan fingerprint density at radius 1 is 0.385 bits per heavy atom. The first-order valence-electron chi connectivity index (χ1n) is 49.3. The zero-order valence-electron chi connectivity index (χ0n) is 89.4. The minimum absolute atomic E-state index is 0.00614. The third kappa shape index (κ3) is 41.0. The highest BCUT2D eigenvalue weighted by atomic mass is 32.2. The minimum atomic E-state index is -3.33. The van der Waals surface area contributed by atoms with Gasteiger partial charge < -0.3 is 40.2 Å². The molecule has 36 heteroatoms. The molecule has 0 aromatic heterocycles. The normalized spacial score (nSPS) is 23.2. The fraction of sp³-hybridized carbons (Fsp3) is 0.561. The van der Waals surface area contributed by atoms with Crippen LogP contribution < -0.4 is 15.4 Å². The molecule has 3 aliphatic carbocycles. The molecule has 8 unspecified atom stereocenters. The zero-order valence-corrected chi connectivity index (χ0v) is 97.6. The summed E-state index contributed by atoms with van der Waals surface area (Å²) in [6.45, 7) is 43.0. The molecule has 4 heterocycles. The van der Waals surface area contributed by atoms with Crippen LogP contribution in [-0.4, -0.2) is 213 Å². The second kappa shape index (κ2) is 63.6. The van der Waals surface area contributed by atoms with E-state index in [-0.39, 0.29) is 83.0 Å². The number of amides is 1. The summed E-state index contributed by atoms with van der Waals surface area (Å²) in [6, 6.07) is 51.9. The van der Waals surface area contributed by atoms with E-state index < -0.39 is 135 Å². The van der Waals surface area contributed by atoms with E-state index in [1.165, 1.54) is 69.4 Å². The van der Waals surface area contributed by atoms with Crippen molar-refractivity contribution in [2.45, 2.75) is 321 Å². The number of hydrogen-bond acceptors (Lipinski definition) is 27. The van der Waals surface area contributed by atoms with Gasteiger partial charge in [-0.15, -0.1) is 35.3 Å². The van der Waals surface area contributed by atoms with Crippen molar-refractivity contribution >= 4 is 133 Å². The molecule has 0 radical (unpaired) electrons. The summed E-state index contributed by atoms with van der Waals surface area (Å²) in [7, 11) is -22.3. The largest absolute Gasteiger partial charge is 0.488 e. The number of ketones is 3. The maximum absolute atomic E-state index is 12.2. The first kappa shape index (κ1) is 134. The lowest BCUT2D eigenvalue weighted by Gasteiger charge is -2.36. The number of benzene rings is 7. The average molecular weight is 2180 g/mol. The van der Waals surface area contributed by atoms with Crippen LogP contribution >= 0.6 is 35.3 Å². The average Bonchev–Trinajstić information content (AvgIpc) is 0.762. The standard InChI is InChI=1S/C15H21NO3S.C15H20O4S.C15H20O3S2.C13H17NO3S.C12H14O4S2.C12H16O3S2.C11H14O4S.7C2H6/c1-10(11(2)17)16-13-8-12-6-4-5-7-14(12)15(9-13)20(3,18)19;1-10(16)11(2)19-13-8-12-6-4-5-7-14(12)15(9-13)20(3,17)18;1-10(16)8-9-13-11(2)15(20(3,17)18)12-6-4-5-7-14(12)19-13;1-9(15)14-11-7-10-5-3-4-6-12(10)13(8-11)18(2,16)17;1-7-10(12(13)14)17-9-6-4-3-5-8(9)11(7)18(2,15)16;1-8-11(7-13)16-10-6-4-3-5-9(10)12(8)17(2,14)15;1-16(13,14)11-6-8(7-12)15-10-5-3-2-4-9(10)11;7*1-2/h4-7,10,13,15-16H,8-9H2,1-3H3;2*4-7,11,13,15H,8-9H2,1-3H3;3-6,11,13H,7-8H2,1-2H3,(H,14,15);3-7,10-11H,1-2H3,(H,13,14);3-6,8,11-13H,7H2,1-2H3;2-5,8,11-12H,6-7H2,1H3;7*1-2H3/t10?,13-,15?;11?,13-,15?;11-,13+,15?;11-,13?;7-,10-,11?;8-,11+,12?;8-,11-;;;;;;;/m1111111......./s1. The number of aliphatic hydroxyl groups is 2. The van der Waals surface area contributed by atoms with Crippen LogP contribution in [0.5, 0.6) is 5.75 Å². The highest BCUT2D eigenvalue weighted by Gasteiger charge is 2.46. The molecule has 806 valence electrons. The van der Waals surface area contributed by atoms with Crippen molar-refractivity contribution in [2.75, 3.05) is 57.0 Å². The van der Waals surface area contributed by atoms with E-state index in [1.54, 1.807) is 99.7 Å². The number of para-hydroxylation sites is 1. The van der Waals surface area contributed by atoms with Gasteiger partial charge in [0.25, 0.3) is 0 Å². The number of hydrogen-bond donors (Lipinski definition) is 5. The predicted octanol–water partition coefficient (Wildman–Crippen LogP) is 20.2. The molecule has 26 nitrogen and oxygen atoms in total. The fourth-order valence-corrected chi connectivity index (χ4v) is 31.9. The van der Waals surface area contributed by atoms with Gasteiger partial charge in [0.2, 0.25) is 5.91 Å². The van der Waals surface area contributed by atoms with Gasteiger partial charge in [0.05, 0.1) is 62.1 Å². The smallest absolute Gasteiger partial charge is 0.317 e. The van der Waals surface area contributed by atoms with E-state index in [9.17, 15) is 93.1 Å². The second-order valence-corrected chi connectivity index (χ2v) is 53.7. The lowest BCUT2D eigenvalue weighted by Crippen LogP contribution is -2.44. The molecule has 5 N–H and O–H groups in total. The quantitative estimate of drug-likeness (QED) is 0.0473. The molecule has 0 fully saturated rings.